The fraction of sp³-hybridized carbons (Fsp3) is 0.900. The van der Waals surface area contributed by atoms with Crippen molar-refractivity contribution < 1.29 is 18.3 Å². The minimum atomic E-state index is -3.04. The van der Waals surface area contributed by atoms with E-state index in [9.17, 15) is 13.2 Å². The van der Waals surface area contributed by atoms with Gasteiger partial charge < -0.3 is 5.11 Å². The maximum absolute atomic E-state index is 11.4. The second-order valence-corrected chi connectivity index (χ2v) is 6.24. The van der Waals surface area contributed by atoms with Crippen LogP contribution in [0, 0.1) is 0 Å². The van der Waals surface area contributed by atoms with Gasteiger partial charge in [-0.1, -0.05) is 12.8 Å². The van der Waals surface area contributed by atoms with Crippen LogP contribution in [-0.2, 0) is 14.8 Å². The van der Waals surface area contributed by atoms with Crippen molar-refractivity contribution in [2.75, 3.05) is 6.54 Å². The number of rotatable bonds is 9. The van der Waals surface area contributed by atoms with Gasteiger partial charge >= 0.3 is 5.97 Å². The summed E-state index contributed by atoms with van der Waals surface area (Å²) < 4.78 is 25.3. The Labute approximate surface area is 96.3 Å². The van der Waals surface area contributed by atoms with Crippen LogP contribution in [0.5, 0.6) is 0 Å². The van der Waals surface area contributed by atoms with Gasteiger partial charge in [0, 0.05) is 13.0 Å². The number of hydrogen-bond acceptors (Lipinski definition) is 3. The zero-order chi connectivity index (χ0) is 12.0. The van der Waals surface area contributed by atoms with Crippen LogP contribution in [0.15, 0.2) is 0 Å². The average Bonchev–Trinajstić information content (AvgIpc) is 2.98. The molecule has 0 unspecified atom stereocenters. The molecule has 6 heteroatoms. The summed E-state index contributed by atoms with van der Waals surface area (Å²) in [5.74, 6) is -0.769. The van der Waals surface area contributed by atoms with E-state index in [-0.39, 0.29) is 11.7 Å². The summed E-state index contributed by atoms with van der Waals surface area (Å²) in [7, 11) is -3.04. The highest BCUT2D eigenvalue weighted by atomic mass is 32.2. The first-order valence-corrected chi connectivity index (χ1v) is 7.27. The van der Waals surface area contributed by atoms with Crippen LogP contribution in [0.3, 0.4) is 0 Å². The summed E-state index contributed by atoms with van der Waals surface area (Å²) in [6, 6.07) is 0. The lowest BCUT2D eigenvalue weighted by Gasteiger charge is -2.04. The van der Waals surface area contributed by atoms with Gasteiger partial charge in [0.1, 0.15) is 0 Å². The number of nitrogens with one attached hydrogen (secondary N) is 1. The minimum absolute atomic E-state index is 0.153. The van der Waals surface area contributed by atoms with E-state index in [4.69, 9.17) is 5.11 Å². The zero-order valence-corrected chi connectivity index (χ0v) is 10.1. The molecule has 0 heterocycles. The van der Waals surface area contributed by atoms with Gasteiger partial charge in [-0.2, -0.15) is 0 Å². The van der Waals surface area contributed by atoms with E-state index in [0.717, 1.165) is 32.1 Å². The molecular formula is C10H19NO4S. The van der Waals surface area contributed by atoms with Gasteiger partial charge in [0.2, 0.25) is 10.0 Å². The Bertz CT molecular complexity index is 322. The molecule has 0 aliphatic heterocycles. The van der Waals surface area contributed by atoms with Crippen molar-refractivity contribution in [3.05, 3.63) is 0 Å². The smallest absolute Gasteiger partial charge is 0.303 e. The molecule has 1 saturated carbocycles. The Morgan fingerprint density at radius 3 is 2.38 bits per heavy atom. The van der Waals surface area contributed by atoms with Crippen LogP contribution in [-0.4, -0.2) is 31.3 Å². The Morgan fingerprint density at radius 1 is 1.19 bits per heavy atom. The summed E-state index contributed by atoms with van der Waals surface area (Å²) >= 11 is 0. The summed E-state index contributed by atoms with van der Waals surface area (Å²) in [5, 5.41) is 8.25. The van der Waals surface area contributed by atoms with Crippen molar-refractivity contribution in [3.63, 3.8) is 0 Å². The predicted octanol–water partition coefficient (Wildman–Crippen LogP) is 1.10. The molecule has 0 aromatic carbocycles. The van der Waals surface area contributed by atoms with Crippen LogP contribution in [0.25, 0.3) is 0 Å². The van der Waals surface area contributed by atoms with E-state index in [2.05, 4.69) is 4.72 Å². The number of hydrogen-bond donors (Lipinski definition) is 2. The van der Waals surface area contributed by atoms with Gasteiger partial charge in [-0.25, -0.2) is 13.1 Å². The van der Waals surface area contributed by atoms with Gasteiger partial charge in [-0.15, -0.1) is 0 Å². The maximum Gasteiger partial charge on any atom is 0.303 e. The lowest BCUT2D eigenvalue weighted by atomic mass is 10.1. The Morgan fingerprint density at radius 2 is 1.81 bits per heavy atom. The third-order valence-corrected chi connectivity index (χ3v) is 4.54. The third kappa shape index (κ3) is 5.46. The van der Waals surface area contributed by atoms with Crippen molar-refractivity contribution >= 4 is 16.0 Å². The normalized spacial score (nSPS) is 16.2. The van der Waals surface area contributed by atoms with E-state index in [1.54, 1.807) is 0 Å². The van der Waals surface area contributed by atoms with Crippen molar-refractivity contribution in [2.24, 2.45) is 0 Å². The molecule has 1 rings (SSSR count). The van der Waals surface area contributed by atoms with Crippen LogP contribution >= 0.6 is 0 Å². The first kappa shape index (κ1) is 13.4. The number of carbonyl (C=O) groups is 1. The fourth-order valence-corrected chi connectivity index (χ4v) is 2.89. The monoisotopic (exact) mass is 249 g/mol. The molecule has 16 heavy (non-hydrogen) atoms. The van der Waals surface area contributed by atoms with E-state index >= 15 is 0 Å². The number of carboxylic acids is 1. The summed E-state index contributed by atoms with van der Waals surface area (Å²) in [5.41, 5.74) is 0. The molecule has 0 bridgehead atoms. The number of aliphatic carboxylic acids is 1. The number of sulfonamides is 1. The number of carboxylic acid groups (broad SMARTS) is 1. The van der Waals surface area contributed by atoms with E-state index in [0.29, 0.717) is 13.0 Å². The fourth-order valence-electron chi connectivity index (χ4n) is 1.47. The molecule has 0 atom stereocenters. The van der Waals surface area contributed by atoms with Gasteiger partial charge in [0.25, 0.3) is 0 Å². The number of unbranched alkanes of at least 4 members (excludes halogenated alkanes) is 3. The highest BCUT2D eigenvalue weighted by Crippen LogP contribution is 2.27. The molecule has 94 valence electrons. The summed E-state index contributed by atoms with van der Waals surface area (Å²) in [6.45, 7) is 0.478. The van der Waals surface area contributed by atoms with E-state index < -0.39 is 16.0 Å². The molecule has 0 aromatic rings. The van der Waals surface area contributed by atoms with Crippen molar-refractivity contribution in [3.8, 4) is 0 Å². The summed E-state index contributed by atoms with van der Waals surface area (Å²) in [6.07, 6.45) is 4.95. The van der Waals surface area contributed by atoms with Crippen LogP contribution in [0.4, 0.5) is 0 Å². The second kappa shape index (κ2) is 6.20. The molecule has 0 aromatic heterocycles. The van der Waals surface area contributed by atoms with Gasteiger partial charge in [-0.05, 0) is 25.7 Å². The Balaban J connectivity index is 1.93. The SMILES string of the molecule is O=C(O)CCCCCCNS(=O)(=O)C1CC1. The van der Waals surface area contributed by atoms with E-state index in [1.807, 2.05) is 0 Å². The third-order valence-electron chi connectivity index (χ3n) is 2.58. The molecular weight excluding hydrogens is 230 g/mol. The first-order chi connectivity index (χ1) is 7.52. The van der Waals surface area contributed by atoms with Crippen molar-refractivity contribution in [2.45, 2.75) is 50.2 Å². The second-order valence-electron chi connectivity index (χ2n) is 4.20. The van der Waals surface area contributed by atoms with Gasteiger partial charge in [-0.3, -0.25) is 4.79 Å². The molecule has 5 nitrogen and oxygen atoms in total. The zero-order valence-electron chi connectivity index (χ0n) is 9.31. The predicted molar refractivity (Wildman–Crippen MR) is 60.7 cm³/mol. The molecule has 1 fully saturated rings. The lowest BCUT2D eigenvalue weighted by Crippen LogP contribution is -2.28. The van der Waals surface area contributed by atoms with Crippen LogP contribution < -0.4 is 4.72 Å². The summed E-state index contributed by atoms with van der Waals surface area (Å²) in [4.78, 5) is 10.2. The highest BCUT2D eigenvalue weighted by molar-refractivity contribution is 7.90. The van der Waals surface area contributed by atoms with Crippen LogP contribution in [0.1, 0.15) is 44.9 Å². The van der Waals surface area contributed by atoms with Crippen molar-refractivity contribution in [1.82, 2.24) is 4.72 Å². The molecule has 1 aliphatic rings. The molecule has 0 amide bonds. The topological polar surface area (TPSA) is 83.5 Å². The highest BCUT2D eigenvalue weighted by Gasteiger charge is 2.34. The van der Waals surface area contributed by atoms with Crippen molar-refractivity contribution in [1.29, 1.82) is 0 Å². The van der Waals surface area contributed by atoms with Crippen LogP contribution in [0.2, 0.25) is 0 Å². The largest absolute Gasteiger partial charge is 0.481 e. The van der Waals surface area contributed by atoms with Gasteiger partial charge in [0.05, 0.1) is 5.25 Å². The first-order valence-electron chi connectivity index (χ1n) is 5.72. The molecule has 0 saturated heterocycles. The Kier molecular flexibility index (Phi) is 5.21. The molecule has 2 N–H and O–H groups in total. The molecule has 0 spiro atoms. The lowest BCUT2D eigenvalue weighted by molar-refractivity contribution is -0.137. The Hall–Kier alpha value is -0.620. The quantitative estimate of drug-likeness (QED) is 0.599. The minimum Gasteiger partial charge on any atom is -0.481 e. The standard InChI is InChI=1S/C10H19NO4S/c12-10(13)5-3-1-2-4-8-11-16(14,15)9-6-7-9/h9,11H,1-8H2,(H,12,13). The van der Waals surface area contributed by atoms with E-state index in [1.165, 1.54) is 0 Å². The maximum atomic E-state index is 11.4. The molecule has 1 aliphatic carbocycles. The van der Waals surface area contributed by atoms with Gasteiger partial charge in [0.15, 0.2) is 0 Å². The average molecular weight is 249 g/mol. The molecule has 0 radical (unpaired) electrons.